The average molecular weight is 347 g/mol. The zero-order valence-corrected chi connectivity index (χ0v) is 13.3. The molecule has 0 unspecified atom stereocenters. The van der Waals surface area contributed by atoms with Crippen molar-refractivity contribution in [3.8, 4) is 0 Å². The average Bonchev–Trinajstić information content (AvgIpc) is 2.51. The molecule has 0 saturated heterocycles. The lowest BCUT2D eigenvalue weighted by Crippen LogP contribution is -2.40. The van der Waals surface area contributed by atoms with E-state index in [9.17, 15) is 4.79 Å². The minimum atomic E-state index is -0.475. The monoisotopic (exact) mass is 346 g/mol. The van der Waals surface area contributed by atoms with E-state index in [0.717, 1.165) is 16.5 Å². The van der Waals surface area contributed by atoms with Gasteiger partial charge in [0.25, 0.3) is 0 Å². The smallest absolute Gasteiger partial charge is 0.237 e. The fraction of sp³-hybridized carbons (Fsp3) is 0.235. The van der Waals surface area contributed by atoms with Crippen LogP contribution in [-0.4, -0.2) is 11.9 Å². The van der Waals surface area contributed by atoms with Crippen LogP contribution in [0.25, 0.3) is 0 Å². The number of carbonyl (C=O) groups excluding carboxylic acids is 1. The van der Waals surface area contributed by atoms with Crippen molar-refractivity contribution in [1.82, 2.24) is 5.32 Å². The van der Waals surface area contributed by atoms with Gasteiger partial charge in [-0.05, 0) is 36.1 Å². The fourth-order valence-electron chi connectivity index (χ4n) is 2.07. The second kappa shape index (κ2) is 7.96. The number of rotatable bonds is 6. The quantitative estimate of drug-likeness (QED) is 0.844. The summed E-state index contributed by atoms with van der Waals surface area (Å²) in [6, 6.07) is 17.4. The number of nitrogens with one attached hydrogen (secondary N) is 1. The number of amides is 1. The number of nitrogens with two attached hydrogens (primary N) is 1. The van der Waals surface area contributed by atoms with E-state index in [-0.39, 0.29) is 5.91 Å². The summed E-state index contributed by atoms with van der Waals surface area (Å²) in [7, 11) is 0. The maximum atomic E-state index is 12.0. The molecule has 0 fully saturated rings. The molecule has 0 radical (unpaired) electrons. The summed E-state index contributed by atoms with van der Waals surface area (Å²) in [4.78, 5) is 12.0. The summed E-state index contributed by atoms with van der Waals surface area (Å²) in [5.74, 6) is -0.106. The number of hydrogen-bond acceptors (Lipinski definition) is 2. The Morgan fingerprint density at radius 3 is 2.52 bits per heavy atom. The molecule has 0 aliphatic rings. The fourth-order valence-corrected chi connectivity index (χ4v) is 2.51. The summed E-state index contributed by atoms with van der Waals surface area (Å²) >= 11 is 3.41. The first-order valence-corrected chi connectivity index (χ1v) is 7.76. The van der Waals surface area contributed by atoms with E-state index < -0.39 is 6.04 Å². The molecule has 21 heavy (non-hydrogen) atoms. The van der Waals surface area contributed by atoms with E-state index in [0.29, 0.717) is 13.0 Å². The number of hydrogen-bond donors (Lipinski definition) is 2. The molecule has 4 heteroatoms. The molecule has 0 aromatic heterocycles. The Morgan fingerprint density at radius 2 is 1.81 bits per heavy atom. The van der Waals surface area contributed by atoms with Crippen LogP contribution in [0.15, 0.2) is 59.1 Å². The van der Waals surface area contributed by atoms with Crippen LogP contribution in [0.1, 0.15) is 17.5 Å². The van der Waals surface area contributed by atoms with Gasteiger partial charge in [0.2, 0.25) is 5.91 Å². The molecule has 3 nitrogen and oxygen atoms in total. The van der Waals surface area contributed by atoms with E-state index in [1.54, 1.807) is 0 Å². The van der Waals surface area contributed by atoms with Crippen LogP contribution >= 0.6 is 15.9 Å². The van der Waals surface area contributed by atoms with Crippen molar-refractivity contribution in [1.29, 1.82) is 0 Å². The van der Waals surface area contributed by atoms with Crippen molar-refractivity contribution in [2.45, 2.75) is 25.4 Å². The Balaban J connectivity index is 1.77. The summed E-state index contributed by atoms with van der Waals surface area (Å²) in [5, 5.41) is 2.88. The lowest BCUT2D eigenvalue weighted by molar-refractivity contribution is -0.122. The zero-order valence-electron chi connectivity index (χ0n) is 11.8. The molecular weight excluding hydrogens is 328 g/mol. The number of aryl methyl sites for hydroxylation is 1. The topological polar surface area (TPSA) is 55.1 Å². The Labute approximate surface area is 133 Å². The molecule has 3 N–H and O–H groups in total. The summed E-state index contributed by atoms with van der Waals surface area (Å²) < 4.78 is 1.00. The summed E-state index contributed by atoms with van der Waals surface area (Å²) in [5.41, 5.74) is 8.19. The molecule has 2 aromatic carbocycles. The van der Waals surface area contributed by atoms with Crippen molar-refractivity contribution >= 4 is 21.8 Å². The largest absolute Gasteiger partial charge is 0.351 e. The van der Waals surface area contributed by atoms with Gasteiger partial charge in [-0.2, -0.15) is 0 Å². The van der Waals surface area contributed by atoms with Gasteiger partial charge in [0.1, 0.15) is 0 Å². The van der Waals surface area contributed by atoms with Crippen molar-refractivity contribution in [2.24, 2.45) is 5.73 Å². The van der Waals surface area contributed by atoms with E-state index in [1.165, 1.54) is 5.56 Å². The molecule has 0 aliphatic carbocycles. The number of benzene rings is 2. The Hall–Kier alpha value is -1.65. The maximum Gasteiger partial charge on any atom is 0.237 e. The Bertz CT molecular complexity index is 586. The molecule has 0 aliphatic heterocycles. The van der Waals surface area contributed by atoms with Crippen molar-refractivity contribution in [3.63, 3.8) is 0 Å². The SMILES string of the molecule is N[C@@H](CCc1ccccc1)C(=O)NCc1cccc(Br)c1. The highest BCUT2D eigenvalue weighted by molar-refractivity contribution is 9.10. The lowest BCUT2D eigenvalue weighted by Gasteiger charge is -2.12. The third kappa shape index (κ3) is 5.33. The minimum absolute atomic E-state index is 0.106. The van der Waals surface area contributed by atoms with Crippen LogP contribution in [-0.2, 0) is 17.8 Å². The van der Waals surface area contributed by atoms with Gasteiger partial charge in [-0.15, -0.1) is 0 Å². The van der Waals surface area contributed by atoms with E-state index in [4.69, 9.17) is 5.73 Å². The Kier molecular flexibility index (Phi) is 5.96. The normalized spacial score (nSPS) is 11.9. The first-order valence-electron chi connectivity index (χ1n) is 6.97. The standard InChI is InChI=1S/C17H19BrN2O/c18-15-8-4-7-14(11-15)12-20-17(21)16(19)10-9-13-5-2-1-3-6-13/h1-8,11,16H,9-10,12,19H2,(H,20,21)/t16-/m0/s1. The third-order valence-electron chi connectivity index (χ3n) is 3.28. The number of halogens is 1. The van der Waals surface area contributed by atoms with Gasteiger partial charge in [0, 0.05) is 11.0 Å². The van der Waals surface area contributed by atoms with Crippen molar-refractivity contribution < 1.29 is 4.79 Å². The first-order chi connectivity index (χ1) is 10.1. The third-order valence-corrected chi connectivity index (χ3v) is 3.77. The second-order valence-electron chi connectivity index (χ2n) is 4.98. The predicted octanol–water partition coefficient (Wildman–Crippen LogP) is 3.03. The molecule has 0 saturated carbocycles. The predicted molar refractivity (Wildman–Crippen MR) is 88.7 cm³/mol. The van der Waals surface area contributed by atoms with E-state index in [2.05, 4.69) is 21.2 Å². The molecule has 0 heterocycles. The highest BCUT2D eigenvalue weighted by atomic mass is 79.9. The van der Waals surface area contributed by atoms with Gasteiger partial charge in [-0.25, -0.2) is 0 Å². The number of carbonyl (C=O) groups is 1. The van der Waals surface area contributed by atoms with Gasteiger partial charge < -0.3 is 11.1 Å². The molecule has 0 bridgehead atoms. The van der Waals surface area contributed by atoms with Gasteiger partial charge in [0.15, 0.2) is 0 Å². The van der Waals surface area contributed by atoms with Crippen LogP contribution in [0.5, 0.6) is 0 Å². The molecule has 110 valence electrons. The molecule has 0 spiro atoms. The highest BCUT2D eigenvalue weighted by Gasteiger charge is 2.12. The minimum Gasteiger partial charge on any atom is -0.351 e. The van der Waals surface area contributed by atoms with Crippen LogP contribution in [0, 0.1) is 0 Å². The van der Waals surface area contributed by atoms with Crippen LogP contribution in [0.4, 0.5) is 0 Å². The van der Waals surface area contributed by atoms with Crippen LogP contribution < -0.4 is 11.1 Å². The van der Waals surface area contributed by atoms with E-state index in [1.807, 2.05) is 54.6 Å². The van der Waals surface area contributed by atoms with Gasteiger partial charge in [-0.3, -0.25) is 4.79 Å². The molecular formula is C17H19BrN2O. The highest BCUT2D eigenvalue weighted by Crippen LogP contribution is 2.11. The summed E-state index contributed by atoms with van der Waals surface area (Å²) in [6.45, 7) is 0.497. The van der Waals surface area contributed by atoms with Crippen LogP contribution in [0.3, 0.4) is 0 Å². The molecule has 1 atom stereocenters. The van der Waals surface area contributed by atoms with E-state index >= 15 is 0 Å². The van der Waals surface area contributed by atoms with Crippen LogP contribution in [0.2, 0.25) is 0 Å². The van der Waals surface area contributed by atoms with Crippen molar-refractivity contribution in [2.75, 3.05) is 0 Å². The van der Waals surface area contributed by atoms with Gasteiger partial charge in [0.05, 0.1) is 6.04 Å². The van der Waals surface area contributed by atoms with Gasteiger partial charge in [-0.1, -0.05) is 58.4 Å². The van der Waals surface area contributed by atoms with Crippen molar-refractivity contribution in [3.05, 3.63) is 70.2 Å². The molecule has 2 rings (SSSR count). The molecule has 1 amide bonds. The maximum absolute atomic E-state index is 12.0. The Morgan fingerprint density at radius 1 is 1.10 bits per heavy atom. The molecule has 2 aromatic rings. The lowest BCUT2D eigenvalue weighted by atomic mass is 10.1. The second-order valence-corrected chi connectivity index (χ2v) is 5.89. The summed E-state index contributed by atoms with van der Waals surface area (Å²) in [6.07, 6.45) is 1.46. The zero-order chi connectivity index (χ0) is 15.1. The first kappa shape index (κ1) is 15.7. The van der Waals surface area contributed by atoms with Gasteiger partial charge >= 0.3 is 0 Å².